The number of anilines is 1. The van der Waals surface area contributed by atoms with Gasteiger partial charge in [0.15, 0.2) is 0 Å². The summed E-state index contributed by atoms with van der Waals surface area (Å²) in [6, 6.07) is 15.9. The standard InChI is InChI=1S/C21H25N5O2/c1-23-11-12-26(14-19(23)15-7-5-4-6-8-15)20(27)22-16-9-10-17-18(13-16)25(3)21(28)24(17)2/h4-10,13,19H,11-12,14H2,1-3H3,(H,22,27)/t19-/m1/s1. The molecular formula is C21H25N5O2. The highest BCUT2D eigenvalue weighted by Gasteiger charge is 2.28. The zero-order chi connectivity index (χ0) is 19.8. The van der Waals surface area contributed by atoms with E-state index < -0.39 is 0 Å². The highest BCUT2D eigenvalue weighted by atomic mass is 16.2. The number of rotatable bonds is 2. The van der Waals surface area contributed by atoms with E-state index in [9.17, 15) is 9.59 Å². The largest absolute Gasteiger partial charge is 0.328 e. The zero-order valence-corrected chi connectivity index (χ0v) is 16.4. The molecule has 28 heavy (non-hydrogen) atoms. The fourth-order valence-corrected chi connectivity index (χ4v) is 3.88. The Hall–Kier alpha value is -3.06. The first kappa shape index (κ1) is 18.3. The van der Waals surface area contributed by atoms with Gasteiger partial charge in [-0.1, -0.05) is 30.3 Å². The number of piperazine rings is 1. The normalized spacial score (nSPS) is 17.8. The number of aryl methyl sites for hydroxylation is 2. The third-order valence-electron chi connectivity index (χ3n) is 5.64. The molecule has 7 heteroatoms. The van der Waals surface area contributed by atoms with Crippen LogP contribution in [0.4, 0.5) is 10.5 Å². The van der Waals surface area contributed by atoms with Crippen molar-refractivity contribution in [1.29, 1.82) is 0 Å². The summed E-state index contributed by atoms with van der Waals surface area (Å²) in [5, 5.41) is 2.99. The summed E-state index contributed by atoms with van der Waals surface area (Å²) in [6.07, 6.45) is 0. The summed E-state index contributed by atoms with van der Waals surface area (Å²) >= 11 is 0. The van der Waals surface area contributed by atoms with Crippen LogP contribution in [0.15, 0.2) is 53.3 Å². The summed E-state index contributed by atoms with van der Waals surface area (Å²) in [5.41, 5.74) is 3.46. The summed E-state index contributed by atoms with van der Waals surface area (Å²) in [6.45, 7) is 2.13. The van der Waals surface area contributed by atoms with Crippen LogP contribution in [0.5, 0.6) is 0 Å². The number of benzene rings is 2. The van der Waals surface area contributed by atoms with Crippen LogP contribution >= 0.6 is 0 Å². The summed E-state index contributed by atoms with van der Waals surface area (Å²) < 4.78 is 3.19. The van der Waals surface area contributed by atoms with Crippen LogP contribution in [0, 0.1) is 0 Å². The van der Waals surface area contributed by atoms with Gasteiger partial charge < -0.3 is 10.2 Å². The average molecular weight is 379 g/mol. The number of carbonyl (C=O) groups excluding carboxylic acids is 1. The van der Waals surface area contributed by atoms with Gasteiger partial charge in [-0.15, -0.1) is 0 Å². The highest BCUT2D eigenvalue weighted by Crippen LogP contribution is 2.25. The molecule has 4 rings (SSSR count). The smallest absolute Gasteiger partial charge is 0.321 e. The van der Waals surface area contributed by atoms with Crippen molar-refractivity contribution >= 4 is 22.8 Å². The van der Waals surface area contributed by atoms with Gasteiger partial charge >= 0.3 is 11.7 Å². The molecule has 1 atom stereocenters. The van der Waals surface area contributed by atoms with Crippen molar-refractivity contribution in [2.24, 2.45) is 14.1 Å². The third-order valence-corrected chi connectivity index (χ3v) is 5.64. The number of amides is 2. The molecule has 1 saturated heterocycles. The van der Waals surface area contributed by atoms with Gasteiger partial charge in [0.25, 0.3) is 0 Å². The highest BCUT2D eigenvalue weighted by molar-refractivity contribution is 5.92. The van der Waals surface area contributed by atoms with Crippen molar-refractivity contribution in [3.8, 4) is 0 Å². The Morgan fingerprint density at radius 1 is 0.964 bits per heavy atom. The van der Waals surface area contributed by atoms with Crippen molar-refractivity contribution in [3.05, 3.63) is 64.6 Å². The number of hydrogen-bond acceptors (Lipinski definition) is 3. The molecule has 1 N–H and O–H groups in total. The van der Waals surface area contributed by atoms with Gasteiger partial charge in [0.1, 0.15) is 0 Å². The van der Waals surface area contributed by atoms with Crippen LogP contribution < -0.4 is 11.0 Å². The maximum Gasteiger partial charge on any atom is 0.328 e. The molecule has 1 aromatic heterocycles. The van der Waals surface area contributed by atoms with E-state index in [1.54, 1.807) is 23.2 Å². The van der Waals surface area contributed by atoms with Crippen LogP contribution in [0.25, 0.3) is 11.0 Å². The number of hydrogen-bond donors (Lipinski definition) is 1. The number of likely N-dealkylation sites (N-methyl/N-ethyl adjacent to an activating group) is 1. The van der Waals surface area contributed by atoms with Crippen molar-refractivity contribution < 1.29 is 4.79 Å². The van der Waals surface area contributed by atoms with Crippen molar-refractivity contribution in [2.75, 3.05) is 32.0 Å². The molecule has 3 aromatic rings. The molecule has 2 amide bonds. The third kappa shape index (κ3) is 3.18. The SMILES string of the molecule is CN1CCN(C(=O)Nc2ccc3c(c2)n(C)c(=O)n3C)C[C@@H]1c1ccccc1. The van der Waals surface area contributed by atoms with Crippen molar-refractivity contribution in [3.63, 3.8) is 0 Å². The van der Waals surface area contributed by atoms with Crippen LogP contribution in [0.2, 0.25) is 0 Å². The fourth-order valence-electron chi connectivity index (χ4n) is 3.88. The maximum absolute atomic E-state index is 12.9. The first-order valence-electron chi connectivity index (χ1n) is 9.42. The van der Waals surface area contributed by atoms with Crippen LogP contribution in [-0.4, -0.2) is 51.6 Å². The monoisotopic (exact) mass is 379 g/mol. The minimum Gasteiger partial charge on any atom is -0.321 e. The van der Waals surface area contributed by atoms with E-state index in [1.165, 1.54) is 5.56 Å². The van der Waals surface area contributed by atoms with E-state index in [0.29, 0.717) is 18.8 Å². The molecule has 1 fully saturated rings. The summed E-state index contributed by atoms with van der Waals surface area (Å²) in [4.78, 5) is 29.1. The molecule has 0 spiro atoms. The topological polar surface area (TPSA) is 62.5 Å². The van der Waals surface area contributed by atoms with Crippen LogP contribution in [0.1, 0.15) is 11.6 Å². The van der Waals surface area contributed by atoms with Crippen LogP contribution in [0.3, 0.4) is 0 Å². The predicted octanol–water partition coefficient (Wildman–Crippen LogP) is 2.40. The first-order valence-corrected chi connectivity index (χ1v) is 9.42. The number of nitrogens with zero attached hydrogens (tertiary/aromatic N) is 4. The van der Waals surface area contributed by atoms with E-state index in [-0.39, 0.29) is 17.8 Å². The second-order valence-electron chi connectivity index (χ2n) is 7.39. The quantitative estimate of drug-likeness (QED) is 0.744. The van der Waals surface area contributed by atoms with E-state index >= 15 is 0 Å². The molecular weight excluding hydrogens is 354 g/mol. The van der Waals surface area contributed by atoms with Crippen molar-refractivity contribution in [1.82, 2.24) is 18.9 Å². The number of urea groups is 1. The Morgan fingerprint density at radius 3 is 2.43 bits per heavy atom. The number of carbonyl (C=O) groups is 1. The Bertz CT molecular complexity index is 1070. The summed E-state index contributed by atoms with van der Waals surface area (Å²) in [7, 11) is 5.58. The number of imidazole rings is 1. The van der Waals surface area contributed by atoms with Crippen LogP contribution in [-0.2, 0) is 14.1 Å². The summed E-state index contributed by atoms with van der Waals surface area (Å²) in [5.74, 6) is 0. The van der Waals surface area contributed by atoms with Gasteiger partial charge in [-0.3, -0.25) is 14.0 Å². The molecule has 1 aliphatic heterocycles. The lowest BCUT2D eigenvalue weighted by molar-refractivity contribution is 0.116. The molecule has 7 nitrogen and oxygen atoms in total. The fraction of sp³-hybridized carbons (Fsp3) is 0.333. The molecule has 2 aromatic carbocycles. The van der Waals surface area contributed by atoms with Gasteiger partial charge in [-0.2, -0.15) is 0 Å². The molecule has 146 valence electrons. The second-order valence-corrected chi connectivity index (χ2v) is 7.39. The molecule has 2 heterocycles. The zero-order valence-electron chi connectivity index (χ0n) is 16.4. The van der Waals surface area contributed by atoms with E-state index in [4.69, 9.17) is 0 Å². The first-order chi connectivity index (χ1) is 13.5. The van der Waals surface area contributed by atoms with Gasteiger partial charge in [-0.05, 0) is 30.8 Å². The average Bonchev–Trinajstić information content (AvgIpc) is 2.93. The lowest BCUT2D eigenvalue weighted by Gasteiger charge is -2.39. The molecule has 0 saturated carbocycles. The second kappa shape index (κ2) is 7.16. The van der Waals surface area contributed by atoms with E-state index in [2.05, 4.69) is 29.4 Å². The van der Waals surface area contributed by atoms with Gasteiger partial charge in [-0.25, -0.2) is 9.59 Å². The molecule has 0 radical (unpaired) electrons. The Balaban J connectivity index is 1.53. The van der Waals surface area contributed by atoms with Gasteiger partial charge in [0.2, 0.25) is 0 Å². The van der Waals surface area contributed by atoms with E-state index in [1.807, 2.05) is 41.3 Å². The molecule has 1 aliphatic rings. The number of fused-ring (bicyclic) bond motifs is 1. The molecule has 0 bridgehead atoms. The maximum atomic E-state index is 12.9. The lowest BCUT2D eigenvalue weighted by atomic mass is 10.0. The predicted molar refractivity (Wildman–Crippen MR) is 111 cm³/mol. The van der Waals surface area contributed by atoms with Crippen molar-refractivity contribution in [2.45, 2.75) is 6.04 Å². The lowest BCUT2D eigenvalue weighted by Crippen LogP contribution is -2.50. The molecule has 0 unspecified atom stereocenters. The number of aromatic nitrogens is 2. The Kier molecular flexibility index (Phi) is 4.68. The van der Waals surface area contributed by atoms with Gasteiger partial charge in [0.05, 0.1) is 17.1 Å². The number of nitrogens with one attached hydrogen (secondary N) is 1. The Labute approximate surface area is 163 Å². The van der Waals surface area contributed by atoms with E-state index in [0.717, 1.165) is 17.6 Å². The Morgan fingerprint density at radius 2 is 1.68 bits per heavy atom. The minimum absolute atomic E-state index is 0.0803. The molecule has 0 aliphatic carbocycles. The van der Waals surface area contributed by atoms with Gasteiger partial charge in [0, 0.05) is 39.4 Å². The minimum atomic E-state index is -0.116.